The van der Waals surface area contributed by atoms with Crippen LogP contribution >= 0.6 is 0 Å². The van der Waals surface area contributed by atoms with Crippen LogP contribution in [0.4, 0.5) is 10.5 Å². The average Bonchev–Trinajstić information content (AvgIpc) is 2.66. The van der Waals surface area contributed by atoms with Gasteiger partial charge in [0.1, 0.15) is 0 Å². The SMILES string of the molecule is COc1ccc(C(C)(C)CNC(=O)Nc2ccccc2C(C)C)cc1OC. The predicted octanol–water partition coefficient (Wildman–Crippen LogP) is 4.93. The van der Waals surface area contributed by atoms with Gasteiger partial charge in [-0.1, -0.05) is 52.0 Å². The number of hydrogen-bond donors (Lipinski definition) is 2. The number of urea groups is 1. The van der Waals surface area contributed by atoms with Gasteiger partial charge in [-0.15, -0.1) is 0 Å². The molecule has 5 nitrogen and oxygen atoms in total. The van der Waals surface area contributed by atoms with E-state index in [2.05, 4.69) is 38.3 Å². The molecule has 27 heavy (non-hydrogen) atoms. The van der Waals surface area contributed by atoms with Crippen LogP contribution in [0.2, 0.25) is 0 Å². The van der Waals surface area contributed by atoms with Crippen molar-refractivity contribution in [3.05, 3.63) is 53.6 Å². The van der Waals surface area contributed by atoms with Gasteiger partial charge in [-0.05, 0) is 35.2 Å². The molecule has 2 aromatic rings. The number of rotatable bonds is 7. The van der Waals surface area contributed by atoms with E-state index in [1.165, 1.54) is 0 Å². The van der Waals surface area contributed by atoms with Crippen molar-refractivity contribution in [3.8, 4) is 11.5 Å². The van der Waals surface area contributed by atoms with Crippen LogP contribution in [0.25, 0.3) is 0 Å². The summed E-state index contributed by atoms with van der Waals surface area (Å²) < 4.78 is 10.7. The maximum atomic E-state index is 12.4. The average molecular weight is 370 g/mol. The van der Waals surface area contributed by atoms with Crippen LogP contribution in [0, 0.1) is 0 Å². The molecule has 0 aromatic heterocycles. The predicted molar refractivity (Wildman–Crippen MR) is 110 cm³/mol. The molecule has 0 saturated heterocycles. The molecule has 5 heteroatoms. The Kier molecular flexibility index (Phi) is 6.72. The van der Waals surface area contributed by atoms with Crippen LogP contribution < -0.4 is 20.1 Å². The number of hydrogen-bond acceptors (Lipinski definition) is 3. The molecule has 0 radical (unpaired) electrons. The third kappa shape index (κ3) is 5.16. The number of amides is 2. The van der Waals surface area contributed by atoms with Crippen LogP contribution in [-0.4, -0.2) is 26.8 Å². The van der Waals surface area contributed by atoms with E-state index in [-0.39, 0.29) is 11.4 Å². The first-order chi connectivity index (χ1) is 12.8. The molecule has 2 rings (SSSR count). The van der Waals surface area contributed by atoms with Gasteiger partial charge in [0.15, 0.2) is 11.5 Å². The minimum atomic E-state index is -0.269. The zero-order chi connectivity index (χ0) is 20.0. The minimum Gasteiger partial charge on any atom is -0.493 e. The van der Waals surface area contributed by atoms with Crippen molar-refractivity contribution in [2.45, 2.75) is 39.0 Å². The number of anilines is 1. The fourth-order valence-corrected chi connectivity index (χ4v) is 2.94. The zero-order valence-electron chi connectivity index (χ0n) is 17.1. The molecular weight excluding hydrogens is 340 g/mol. The summed E-state index contributed by atoms with van der Waals surface area (Å²) >= 11 is 0. The molecule has 2 amide bonds. The quantitative estimate of drug-likeness (QED) is 0.727. The molecule has 146 valence electrons. The van der Waals surface area contributed by atoms with E-state index in [9.17, 15) is 4.79 Å². The topological polar surface area (TPSA) is 59.6 Å². The second-order valence-electron chi connectivity index (χ2n) is 7.50. The van der Waals surface area contributed by atoms with E-state index < -0.39 is 0 Å². The van der Waals surface area contributed by atoms with Crippen molar-refractivity contribution in [2.24, 2.45) is 0 Å². The molecule has 2 aromatic carbocycles. The van der Waals surface area contributed by atoms with E-state index in [1.807, 2.05) is 42.5 Å². The van der Waals surface area contributed by atoms with Gasteiger partial charge in [0.2, 0.25) is 0 Å². The molecule has 0 unspecified atom stereocenters. The maximum absolute atomic E-state index is 12.4. The van der Waals surface area contributed by atoms with Gasteiger partial charge in [0.25, 0.3) is 0 Å². The molecule has 0 bridgehead atoms. The summed E-state index contributed by atoms with van der Waals surface area (Å²) in [5.41, 5.74) is 2.75. The number of carbonyl (C=O) groups is 1. The first-order valence-electron chi connectivity index (χ1n) is 9.14. The number of para-hydroxylation sites is 1. The van der Waals surface area contributed by atoms with Gasteiger partial charge in [0, 0.05) is 17.6 Å². The number of carbonyl (C=O) groups excluding carboxylic acids is 1. The Bertz CT molecular complexity index is 785. The van der Waals surface area contributed by atoms with Crippen molar-refractivity contribution in [1.29, 1.82) is 0 Å². The smallest absolute Gasteiger partial charge is 0.319 e. The summed E-state index contributed by atoms with van der Waals surface area (Å²) in [6.07, 6.45) is 0. The molecule has 2 N–H and O–H groups in total. The fourth-order valence-electron chi connectivity index (χ4n) is 2.94. The largest absolute Gasteiger partial charge is 0.493 e. The minimum absolute atomic E-state index is 0.211. The van der Waals surface area contributed by atoms with Crippen LogP contribution in [0.5, 0.6) is 11.5 Å². The van der Waals surface area contributed by atoms with Crippen molar-refractivity contribution < 1.29 is 14.3 Å². The van der Waals surface area contributed by atoms with Crippen molar-refractivity contribution >= 4 is 11.7 Å². The highest BCUT2D eigenvalue weighted by molar-refractivity contribution is 5.90. The lowest BCUT2D eigenvalue weighted by Gasteiger charge is -2.26. The highest BCUT2D eigenvalue weighted by Gasteiger charge is 2.23. The number of nitrogens with one attached hydrogen (secondary N) is 2. The summed E-state index contributed by atoms with van der Waals surface area (Å²) in [7, 11) is 3.23. The Balaban J connectivity index is 2.06. The van der Waals surface area contributed by atoms with E-state index in [1.54, 1.807) is 14.2 Å². The Morgan fingerprint density at radius 2 is 1.70 bits per heavy atom. The lowest BCUT2D eigenvalue weighted by Crippen LogP contribution is -2.39. The molecule has 0 fully saturated rings. The zero-order valence-corrected chi connectivity index (χ0v) is 17.1. The molecule has 0 atom stereocenters. The fraction of sp³-hybridized carbons (Fsp3) is 0.409. The van der Waals surface area contributed by atoms with Crippen molar-refractivity contribution in [2.75, 3.05) is 26.1 Å². The van der Waals surface area contributed by atoms with Gasteiger partial charge < -0.3 is 20.1 Å². The van der Waals surface area contributed by atoms with E-state index in [0.29, 0.717) is 24.0 Å². The maximum Gasteiger partial charge on any atom is 0.319 e. The van der Waals surface area contributed by atoms with E-state index in [0.717, 1.165) is 16.8 Å². The molecule has 0 aliphatic carbocycles. The van der Waals surface area contributed by atoms with Crippen LogP contribution in [0.1, 0.15) is 44.7 Å². The molecule has 0 saturated carbocycles. The molecule has 0 aliphatic rings. The summed E-state index contributed by atoms with van der Waals surface area (Å²) in [5, 5.41) is 5.94. The van der Waals surface area contributed by atoms with Gasteiger partial charge in [-0.3, -0.25) is 0 Å². The van der Waals surface area contributed by atoms with Crippen LogP contribution in [0.15, 0.2) is 42.5 Å². The Morgan fingerprint density at radius 3 is 2.33 bits per heavy atom. The number of methoxy groups -OCH3 is 2. The number of benzene rings is 2. The van der Waals surface area contributed by atoms with Gasteiger partial charge >= 0.3 is 6.03 Å². The van der Waals surface area contributed by atoms with E-state index in [4.69, 9.17) is 9.47 Å². The Morgan fingerprint density at radius 1 is 1.04 bits per heavy atom. The molecular formula is C22H30N2O3. The number of ether oxygens (including phenoxy) is 2. The lowest BCUT2D eigenvalue weighted by molar-refractivity contribution is 0.249. The third-order valence-electron chi connectivity index (χ3n) is 4.69. The van der Waals surface area contributed by atoms with Crippen LogP contribution in [0.3, 0.4) is 0 Å². The second-order valence-corrected chi connectivity index (χ2v) is 7.50. The highest BCUT2D eigenvalue weighted by Crippen LogP contribution is 2.33. The second kappa shape index (κ2) is 8.80. The summed E-state index contributed by atoms with van der Waals surface area (Å²) in [6.45, 7) is 8.86. The summed E-state index contributed by atoms with van der Waals surface area (Å²) in [4.78, 5) is 12.4. The monoisotopic (exact) mass is 370 g/mol. The Hall–Kier alpha value is -2.69. The van der Waals surface area contributed by atoms with E-state index >= 15 is 0 Å². The Labute approximate surface area is 162 Å². The molecule has 0 aliphatic heterocycles. The summed E-state index contributed by atoms with van der Waals surface area (Å²) in [5.74, 6) is 1.70. The normalized spacial score (nSPS) is 11.2. The van der Waals surface area contributed by atoms with Crippen molar-refractivity contribution in [3.63, 3.8) is 0 Å². The van der Waals surface area contributed by atoms with Crippen LogP contribution in [-0.2, 0) is 5.41 Å². The highest BCUT2D eigenvalue weighted by atomic mass is 16.5. The molecule has 0 spiro atoms. The molecule has 0 heterocycles. The first kappa shape index (κ1) is 20.6. The van der Waals surface area contributed by atoms with Crippen molar-refractivity contribution in [1.82, 2.24) is 5.32 Å². The lowest BCUT2D eigenvalue weighted by atomic mass is 9.84. The first-order valence-corrected chi connectivity index (χ1v) is 9.14. The van der Waals surface area contributed by atoms with Gasteiger partial charge in [-0.25, -0.2) is 4.79 Å². The standard InChI is InChI=1S/C22H30N2O3/c1-15(2)17-9-7-8-10-18(17)24-21(25)23-14-22(3,4)16-11-12-19(26-5)20(13-16)27-6/h7-13,15H,14H2,1-6H3,(H2,23,24,25). The summed E-state index contributed by atoms with van der Waals surface area (Å²) in [6, 6.07) is 13.5. The van der Waals surface area contributed by atoms with Gasteiger partial charge in [-0.2, -0.15) is 0 Å². The third-order valence-corrected chi connectivity index (χ3v) is 4.69. The van der Waals surface area contributed by atoms with Gasteiger partial charge in [0.05, 0.1) is 14.2 Å².